The van der Waals surface area contributed by atoms with Crippen LogP contribution in [0.1, 0.15) is 26.2 Å². The van der Waals surface area contributed by atoms with Crippen molar-refractivity contribution in [1.29, 1.82) is 0 Å². The van der Waals surface area contributed by atoms with Crippen molar-refractivity contribution in [2.75, 3.05) is 30.8 Å². The second kappa shape index (κ2) is 10.6. The predicted octanol–water partition coefficient (Wildman–Crippen LogP) is 0.486. The number of nitrogens with one attached hydrogen (secondary N) is 2. The van der Waals surface area contributed by atoms with E-state index in [0.29, 0.717) is 17.9 Å². The van der Waals surface area contributed by atoms with Crippen molar-refractivity contribution < 1.29 is 27.5 Å². The standard InChI is InChI=1S/C19H23N3O6S/c1-15(23)21-16-6-4-7-17(14-16)28-12-3-2-10-20-29(26,27)13-11-22-18(24)8-5-9-19(22)25/h4,6-7,14,20H,5,8-13H2,1H3,(H,21,23). The number of hydrogen-bond acceptors (Lipinski definition) is 6. The second-order valence-electron chi connectivity index (χ2n) is 6.28. The van der Waals surface area contributed by atoms with Crippen LogP contribution in [0.5, 0.6) is 5.75 Å². The van der Waals surface area contributed by atoms with E-state index in [2.05, 4.69) is 21.9 Å². The van der Waals surface area contributed by atoms with Gasteiger partial charge in [0.1, 0.15) is 12.4 Å². The van der Waals surface area contributed by atoms with Gasteiger partial charge in [-0.25, -0.2) is 13.1 Å². The van der Waals surface area contributed by atoms with Crippen molar-refractivity contribution in [2.24, 2.45) is 0 Å². The maximum atomic E-state index is 12.0. The predicted molar refractivity (Wildman–Crippen MR) is 106 cm³/mol. The van der Waals surface area contributed by atoms with E-state index in [-0.39, 0.29) is 56.0 Å². The van der Waals surface area contributed by atoms with Crippen LogP contribution in [0, 0.1) is 11.8 Å². The first-order valence-electron chi connectivity index (χ1n) is 9.03. The fourth-order valence-corrected chi connectivity index (χ4v) is 3.44. The molecule has 1 aromatic rings. The van der Waals surface area contributed by atoms with Crippen molar-refractivity contribution in [3.05, 3.63) is 24.3 Å². The van der Waals surface area contributed by atoms with Crippen molar-refractivity contribution in [3.63, 3.8) is 0 Å². The quantitative estimate of drug-likeness (QED) is 0.465. The lowest BCUT2D eigenvalue weighted by Gasteiger charge is -2.24. The van der Waals surface area contributed by atoms with E-state index < -0.39 is 10.0 Å². The summed E-state index contributed by atoms with van der Waals surface area (Å²) in [6.07, 6.45) is 1.03. The monoisotopic (exact) mass is 421 g/mol. The van der Waals surface area contributed by atoms with E-state index in [1.165, 1.54) is 6.92 Å². The van der Waals surface area contributed by atoms with Crippen LogP contribution in [-0.4, -0.2) is 56.5 Å². The van der Waals surface area contributed by atoms with Gasteiger partial charge in [0, 0.05) is 38.1 Å². The van der Waals surface area contributed by atoms with E-state index in [4.69, 9.17) is 4.74 Å². The van der Waals surface area contributed by atoms with Crippen molar-refractivity contribution in [3.8, 4) is 17.6 Å². The first kappa shape index (κ1) is 22.4. The average Bonchev–Trinajstić information content (AvgIpc) is 2.64. The number of nitrogens with zero attached hydrogens (tertiary/aromatic N) is 1. The Balaban J connectivity index is 1.73. The summed E-state index contributed by atoms with van der Waals surface area (Å²) in [6, 6.07) is 6.80. The largest absolute Gasteiger partial charge is 0.481 e. The number of rotatable bonds is 8. The van der Waals surface area contributed by atoms with Gasteiger partial charge in [0.05, 0.1) is 12.3 Å². The normalized spacial score (nSPS) is 14.2. The molecule has 0 spiro atoms. The highest BCUT2D eigenvalue weighted by atomic mass is 32.2. The van der Waals surface area contributed by atoms with Gasteiger partial charge in [-0.05, 0) is 18.6 Å². The third kappa shape index (κ3) is 7.93. The lowest BCUT2D eigenvalue weighted by molar-refractivity contribution is -0.147. The first-order chi connectivity index (χ1) is 13.8. The third-order valence-corrected chi connectivity index (χ3v) is 5.24. The molecule has 10 heteroatoms. The molecule has 1 aliphatic rings. The van der Waals surface area contributed by atoms with E-state index >= 15 is 0 Å². The molecule has 2 N–H and O–H groups in total. The van der Waals surface area contributed by atoms with Crippen LogP contribution in [0.4, 0.5) is 5.69 Å². The Morgan fingerprint density at radius 3 is 2.62 bits per heavy atom. The molecule has 3 amide bonds. The zero-order chi connectivity index (χ0) is 21.3. The molecule has 1 saturated heterocycles. The lowest BCUT2D eigenvalue weighted by Crippen LogP contribution is -2.44. The minimum absolute atomic E-state index is 0.0437. The van der Waals surface area contributed by atoms with E-state index in [9.17, 15) is 22.8 Å². The summed E-state index contributed by atoms with van der Waals surface area (Å²) >= 11 is 0. The summed E-state index contributed by atoms with van der Waals surface area (Å²) in [5, 5.41) is 2.64. The molecule has 0 saturated carbocycles. The van der Waals surface area contributed by atoms with Crippen molar-refractivity contribution in [1.82, 2.24) is 9.62 Å². The molecule has 0 aliphatic carbocycles. The zero-order valence-electron chi connectivity index (χ0n) is 16.1. The molecule has 0 atom stereocenters. The number of imide groups is 1. The van der Waals surface area contributed by atoms with Gasteiger partial charge in [0.25, 0.3) is 0 Å². The Morgan fingerprint density at radius 2 is 1.93 bits per heavy atom. The highest BCUT2D eigenvalue weighted by Crippen LogP contribution is 2.17. The number of amides is 3. The number of benzene rings is 1. The van der Waals surface area contributed by atoms with Crippen LogP contribution in [0.25, 0.3) is 0 Å². The van der Waals surface area contributed by atoms with Gasteiger partial charge in [0.15, 0.2) is 0 Å². The van der Waals surface area contributed by atoms with E-state index in [1.807, 2.05) is 0 Å². The maximum absolute atomic E-state index is 12.0. The minimum Gasteiger partial charge on any atom is -0.481 e. The van der Waals surface area contributed by atoms with Crippen molar-refractivity contribution >= 4 is 33.4 Å². The Hall–Kier alpha value is -2.90. The topological polar surface area (TPSA) is 122 Å². The van der Waals surface area contributed by atoms with Crippen LogP contribution in [0.15, 0.2) is 24.3 Å². The molecule has 0 unspecified atom stereocenters. The number of sulfonamides is 1. The van der Waals surface area contributed by atoms with Gasteiger partial charge in [0.2, 0.25) is 27.7 Å². The lowest BCUT2D eigenvalue weighted by atomic mass is 10.1. The molecule has 0 aromatic heterocycles. The molecule has 29 heavy (non-hydrogen) atoms. The van der Waals surface area contributed by atoms with Crippen LogP contribution in [0.3, 0.4) is 0 Å². The van der Waals surface area contributed by atoms with Gasteiger partial charge in [-0.1, -0.05) is 17.9 Å². The Kier molecular flexibility index (Phi) is 8.18. The number of ether oxygens (including phenoxy) is 1. The van der Waals surface area contributed by atoms with Crippen molar-refractivity contribution in [2.45, 2.75) is 26.2 Å². The molecule has 1 aliphatic heterocycles. The van der Waals surface area contributed by atoms with Gasteiger partial charge in [-0.3, -0.25) is 19.3 Å². The number of carbonyl (C=O) groups is 3. The van der Waals surface area contributed by atoms with Gasteiger partial charge < -0.3 is 10.1 Å². The second-order valence-corrected chi connectivity index (χ2v) is 8.21. The summed E-state index contributed by atoms with van der Waals surface area (Å²) in [7, 11) is -3.66. The van der Waals surface area contributed by atoms with Crippen LogP contribution < -0.4 is 14.8 Å². The third-order valence-electron chi connectivity index (χ3n) is 3.94. The fraction of sp³-hybridized carbons (Fsp3) is 0.421. The van der Waals surface area contributed by atoms with Gasteiger partial charge in [-0.2, -0.15) is 0 Å². The number of carbonyl (C=O) groups excluding carboxylic acids is 3. The minimum atomic E-state index is -3.66. The number of anilines is 1. The summed E-state index contributed by atoms with van der Waals surface area (Å²) in [5.74, 6) is 4.60. The molecule has 0 radical (unpaired) electrons. The summed E-state index contributed by atoms with van der Waals surface area (Å²) in [4.78, 5) is 35.4. The van der Waals surface area contributed by atoms with Crippen LogP contribution in [-0.2, 0) is 24.4 Å². The Morgan fingerprint density at radius 1 is 1.21 bits per heavy atom. The molecule has 0 bridgehead atoms. The van der Waals surface area contributed by atoms with Crippen LogP contribution in [0.2, 0.25) is 0 Å². The summed E-state index contributed by atoms with van der Waals surface area (Å²) in [6.45, 7) is 1.18. The first-order valence-corrected chi connectivity index (χ1v) is 10.7. The average molecular weight is 421 g/mol. The SMILES string of the molecule is CC(=O)Nc1cccc(OCC#CCNS(=O)(=O)CCN2C(=O)CCCC2=O)c1. The Labute approximate surface area is 169 Å². The zero-order valence-corrected chi connectivity index (χ0v) is 16.9. The summed E-state index contributed by atoms with van der Waals surface area (Å²) in [5.41, 5.74) is 0.599. The number of likely N-dealkylation sites (tertiary alicyclic amines) is 1. The molecular formula is C19H23N3O6S. The number of hydrogen-bond donors (Lipinski definition) is 2. The fourth-order valence-electron chi connectivity index (χ4n) is 2.58. The summed E-state index contributed by atoms with van der Waals surface area (Å²) < 4.78 is 31.7. The maximum Gasteiger partial charge on any atom is 0.229 e. The molecule has 1 heterocycles. The molecular weight excluding hydrogens is 398 g/mol. The highest BCUT2D eigenvalue weighted by Gasteiger charge is 2.26. The molecule has 1 aromatic carbocycles. The molecule has 2 rings (SSSR count). The highest BCUT2D eigenvalue weighted by molar-refractivity contribution is 7.89. The van der Waals surface area contributed by atoms with Crippen LogP contribution >= 0.6 is 0 Å². The Bertz CT molecular complexity index is 917. The number of piperidine rings is 1. The molecule has 1 fully saturated rings. The molecule has 156 valence electrons. The van der Waals surface area contributed by atoms with E-state index in [1.54, 1.807) is 24.3 Å². The molecule has 9 nitrogen and oxygen atoms in total. The van der Waals surface area contributed by atoms with E-state index in [0.717, 1.165) is 4.90 Å². The smallest absolute Gasteiger partial charge is 0.229 e. The van der Waals surface area contributed by atoms with Gasteiger partial charge >= 0.3 is 0 Å². The van der Waals surface area contributed by atoms with Gasteiger partial charge in [-0.15, -0.1) is 0 Å².